The lowest BCUT2D eigenvalue weighted by molar-refractivity contribution is -0.134. The highest BCUT2D eigenvalue weighted by Gasteiger charge is 2.35. The lowest BCUT2D eigenvalue weighted by atomic mass is 10.1. The molecule has 5 heteroatoms. The smallest absolute Gasteiger partial charge is 0.335 e. The average molecular weight is 246 g/mol. The van der Waals surface area contributed by atoms with Crippen molar-refractivity contribution >= 4 is 11.9 Å². The van der Waals surface area contributed by atoms with Crippen LogP contribution in [0.25, 0.3) is 0 Å². The van der Waals surface area contributed by atoms with Gasteiger partial charge in [0.25, 0.3) is 0 Å². The van der Waals surface area contributed by atoms with E-state index in [1.807, 2.05) is 37.3 Å². The first-order chi connectivity index (χ1) is 8.52. The van der Waals surface area contributed by atoms with Gasteiger partial charge in [-0.15, -0.1) is 0 Å². The largest absolute Gasteiger partial charge is 0.478 e. The molecule has 1 heterocycles. The van der Waals surface area contributed by atoms with Gasteiger partial charge in [0.1, 0.15) is 5.82 Å². The topological polar surface area (TPSA) is 83.6 Å². The monoisotopic (exact) mass is 246 g/mol. The maximum Gasteiger partial charge on any atom is 0.335 e. The van der Waals surface area contributed by atoms with E-state index in [9.17, 15) is 9.59 Å². The van der Waals surface area contributed by atoms with Gasteiger partial charge in [0, 0.05) is 0 Å². The normalized spacial score (nSPS) is 17.2. The second-order valence-electron chi connectivity index (χ2n) is 4.20. The summed E-state index contributed by atoms with van der Waals surface area (Å²) < 4.78 is 0. The standard InChI is InChI=1S/C13H14N2O3/c1-8(9-5-3-2-4-6-9)15-11(16)7-10(12(15)14)13(17)18/h2-6,8H,7,14H2,1H3,(H,17,18). The third-order valence-electron chi connectivity index (χ3n) is 3.09. The first-order valence-corrected chi connectivity index (χ1v) is 5.61. The lowest BCUT2D eigenvalue weighted by Gasteiger charge is -2.25. The van der Waals surface area contributed by atoms with Gasteiger partial charge < -0.3 is 10.8 Å². The third kappa shape index (κ3) is 1.95. The van der Waals surface area contributed by atoms with Crippen LogP contribution in [0.2, 0.25) is 0 Å². The van der Waals surface area contributed by atoms with E-state index in [4.69, 9.17) is 10.8 Å². The summed E-state index contributed by atoms with van der Waals surface area (Å²) in [5.74, 6) is -1.37. The maximum absolute atomic E-state index is 11.9. The van der Waals surface area contributed by atoms with Crippen LogP contribution < -0.4 is 5.73 Å². The number of hydrogen-bond acceptors (Lipinski definition) is 3. The Labute approximate surface area is 105 Å². The van der Waals surface area contributed by atoms with Crippen LogP contribution in [-0.4, -0.2) is 21.9 Å². The summed E-state index contributed by atoms with van der Waals surface area (Å²) in [7, 11) is 0. The van der Waals surface area contributed by atoms with Gasteiger partial charge in [-0.3, -0.25) is 9.69 Å². The van der Waals surface area contributed by atoms with E-state index in [1.54, 1.807) is 0 Å². The molecule has 0 aromatic heterocycles. The van der Waals surface area contributed by atoms with Crippen molar-refractivity contribution in [3.05, 3.63) is 47.3 Å². The lowest BCUT2D eigenvalue weighted by Crippen LogP contribution is -2.31. The second-order valence-corrected chi connectivity index (χ2v) is 4.20. The molecule has 0 aliphatic carbocycles. The Hall–Kier alpha value is -2.30. The average Bonchev–Trinajstić information content (AvgIpc) is 2.65. The summed E-state index contributed by atoms with van der Waals surface area (Å²) in [5.41, 5.74) is 6.65. The minimum Gasteiger partial charge on any atom is -0.478 e. The van der Waals surface area contributed by atoms with Gasteiger partial charge in [-0.1, -0.05) is 30.3 Å². The van der Waals surface area contributed by atoms with E-state index >= 15 is 0 Å². The highest BCUT2D eigenvalue weighted by Crippen LogP contribution is 2.30. The van der Waals surface area contributed by atoms with Crippen molar-refractivity contribution in [3.8, 4) is 0 Å². The molecule has 0 saturated heterocycles. The number of nitrogens with two attached hydrogens (primary N) is 1. The molecule has 18 heavy (non-hydrogen) atoms. The van der Waals surface area contributed by atoms with Crippen LogP contribution in [0.4, 0.5) is 0 Å². The van der Waals surface area contributed by atoms with Crippen molar-refractivity contribution in [2.45, 2.75) is 19.4 Å². The number of carboxylic acid groups (broad SMARTS) is 1. The van der Waals surface area contributed by atoms with Gasteiger partial charge >= 0.3 is 5.97 Å². The molecule has 0 spiro atoms. The minimum absolute atomic E-state index is 0.0252. The summed E-state index contributed by atoms with van der Waals surface area (Å²) in [6, 6.07) is 9.10. The summed E-state index contributed by atoms with van der Waals surface area (Å²) in [5, 5.41) is 8.95. The molecule has 5 nitrogen and oxygen atoms in total. The molecule has 1 atom stereocenters. The number of rotatable bonds is 3. The van der Waals surface area contributed by atoms with Crippen LogP contribution in [0.3, 0.4) is 0 Å². The first-order valence-electron chi connectivity index (χ1n) is 5.61. The fourth-order valence-electron chi connectivity index (χ4n) is 2.10. The molecule has 1 aromatic carbocycles. The molecular formula is C13H14N2O3. The zero-order valence-corrected chi connectivity index (χ0v) is 9.96. The van der Waals surface area contributed by atoms with Crippen molar-refractivity contribution in [2.24, 2.45) is 5.73 Å². The molecular weight excluding hydrogens is 232 g/mol. The fourth-order valence-corrected chi connectivity index (χ4v) is 2.10. The zero-order valence-electron chi connectivity index (χ0n) is 9.96. The quantitative estimate of drug-likeness (QED) is 0.840. The Morgan fingerprint density at radius 1 is 1.39 bits per heavy atom. The summed E-state index contributed by atoms with van der Waals surface area (Å²) in [4.78, 5) is 24.1. The first kappa shape index (κ1) is 12.2. The van der Waals surface area contributed by atoms with Gasteiger partial charge in [0.05, 0.1) is 18.0 Å². The number of carboxylic acids is 1. The van der Waals surface area contributed by atoms with Crippen LogP contribution in [0, 0.1) is 0 Å². The predicted molar refractivity (Wildman–Crippen MR) is 65.2 cm³/mol. The highest BCUT2D eigenvalue weighted by atomic mass is 16.4. The van der Waals surface area contributed by atoms with E-state index < -0.39 is 5.97 Å². The molecule has 0 saturated carbocycles. The van der Waals surface area contributed by atoms with Gasteiger partial charge in [-0.05, 0) is 12.5 Å². The number of aliphatic carboxylic acids is 1. The number of hydrogen-bond donors (Lipinski definition) is 2. The maximum atomic E-state index is 11.9. The molecule has 94 valence electrons. The Morgan fingerprint density at radius 2 is 2.00 bits per heavy atom. The number of benzene rings is 1. The van der Waals surface area contributed by atoms with Crippen LogP contribution in [0.15, 0.2) is 41.7 Å². The van der Waals surface area contributed by atoms with E-state index in [0.29, 0.717) is 0 Å². The molecule has 1 aliphatic rings. The zero-order chi connectivity index (χ0) is 13.3. The molecule has 1 unspecified atom stereocenters. The molecule has 0 bridgehead atoms. The van der Waals surface area contributed by atoms with Crippen LogP contribution in [-0.2, 0) is 9.59 Å². The summed E-state index contributed by atoms with van der Waals surface area (Å²) in [6.07, 6.45) is -0.141. The van der Waals surface area contributed by atoms with Crippen LogP contribution in [0.5, 0.6) is 0 Å². The Morgan fingerprint density at radius 3 is 2.50 bits per heavy atom. The highest BCUT2D eigenvalue weighted by molar-refractivity contribution is 5.99. The Balaban J connectivity index is 2.34. The predicted octanol–water partition coefficient (Wildman–Crippen LogP) is 1.23. The molecule has 0 radical (unpaired) electrons. The van der Waals surface area contributed by atoms with Gasteiger partial charge in [-0.2, -0.15) is 0 Å². The minimum atomic E-state index is -1.14. The van der Waals surface area contributed by atoms with E-state index in [0.717, 1.165) is 5.56 Å². The number of amides is 1. The summed E-state index contributed by atoms with van der Waals surface area (Å²) in [6.45, 7) is 1.82. The van der Waals surface area contributed by atoms with E-state index in [2.05, 4.69) is 0 Å². The number of carbonyl (C=O) groups is 2. The molecule has 1 amide bonds. The third-order valence-corrected chi connectivity index (χ3v) is 3.09. The molecule has 1 aromatic rings. The van der Waals surface area contributed by atoms with E-state index in [-0.39, 0.29) is 29.8 Å². The van der Waals surface area contributed by atoms with E-state index in [1.165, 1.54) is 4.90 Å². The molecule has 1 aliphatic heterocycles. The fraction of sp³-hybridized carbons (Fsp3) is 0.231. The van der Waals surface area contributed by atoms with Crippen molar-refractivity contribution in [1.82, 2.24) is 4.90 Å². The summed E-state index contributed by atoms with van der Waals surface area (Å²) >= 11 is 0. The van der Waals surface area contributed by atoms with Crippen LogP contribution in [0.1, 0.15) is 24.9 Å². The number of carbonyl (C=O) groups excluding carboxylic acids is 1. The Kier molecular flexibility index (Phi) is 3.06. The number of nitrogens with zero attached hydrogens (tertiary/aromatic N) is 1. The van der Waals surface area contributed by atoms with Crippen molar-refractivity contribution < 1.29 is 14.7 Å². The molecule has 3 N–H and O–H groups in total. The van der Waals surface area contributed by atoms with Crippen LogP contribution >= 0.6 is 0 Å². The van der Waals surface area contributed by atoms with Crippen molar-refractivity contribution in [1.29, 1.82) is 0 Å². The second kappa shape index (κ2) is 4.52. The SMILES string of the molecule is CC(c1ccccc1)N1C(=O)CC(C(=O)O)=C1N. The van der Waals surface area contributed by atoms with Gasteiger partial charge in [-0.25, -0.2) is 4.79 Å². The van der Waals surface area contributed by atoms with Crippen molar-refractivity contribution in [2.75, 3.05) is 0 Å². The molecule has 0 fully saturated rings. The van der Waals surface area contributed by atoms with Gasteiger partial charge in [0.2, 0.25) is 5.91 Å². The molecule has 2 rings (SSSR count). The van der Waals surface area contributed by atoms with Crippen molar-refractivity contribution in [3.63, 3.8) is 0 Å². The van der Waals surface area contributed by atoms with Gasteiger partial charge in [0.15, 0.2) is 0 Å². The Bertz CT molecular complexity index is 522.